The van der Waals surface area contributed by atoms with Crippen molar-refractivity contribution in [3.05, 3.63) is 74.7 Å². The second-order valence-corrected chi connectivity index (χ2v) is 17.6. The Morgan fingerprint density at radius 1 is 0.869 bits per heavy atom. The third kappa shape index (κ3) is 8.33. The first-order valence-corrected chi connectivity index (χ1v) is 21.8. The van der Waals surface area contributed by atoms with Crippen molar-refractivity contribution < 1.29 is 28.7 Å². The Bertz CT molecular complexity index is 2230. The molecule has 3 saturated heterocycles. The molecule has 0 aliphatic carbocycles. The number of carbonyl (C=O) groups is 4. The van der Waals surface area contributed by atoms with Crippen molar-refractivity contribution in [2.75, 3.05) is 65.4 Å². The van der Waals surface area contributed by atoms with Crippen LogP contribution >= 0.6 is 0 Å². The molecule has 5 aliphatic heterocycles. The van der Waals surface area contributed by atoms with Gasteiger partial charge in [-0.25, -0.2) is 4.79 Å². The molecule has 2 aromatic carbocycles. The quantitative estimate of drug-likeness (QED) is 0.290. The van der Waals surface area contributed by atoms with E-state index in [1.54, 1.807) is 42.7 Å². The van der Waals surface area contributed by atoms with Crippen LogP contribution in [0.2, 0.25) is 0 Å². The second-order valence-electron chi connectivity index (χ2n) is 17.6. The molecule has 0 radical (unpaired) electrons. The number of carbonyl (C=O) groups excluding carboxylic acids is 4. The Morgan fingerprint density at radius 3 is 2.23 bits per heavy atom. The highest BCUT2D eigenvalue weighted by molar-refractivity contribution is 6.05. The van der Waals surface area contributed by atoms with Crippen LogP contribution < -0.4 is 30.6 Å². The van der Waals surface area contributed by atoms with Crippen molar-refractivity contribution in [2.24, 2.45) is 13.0 Å². The molecule has 3 atom stereocenters. The lowest BCUT2D eigenvalue weighted by Gasteiger charge is -2.45. The number of hydrogen-bond acceptors (Lipinski definition) is 10. The summed E-state index contributed by atoms with van der Waals surface area (Å²) in [4.78, 5) is 73.9. The lowest BCUT2D eigenvalue weighted by molar-refractivity contribution is -0.136. The number of hydrogen-bond donors (Lipinski definition) is 2. The van der Waals surface area contributed by atoms with Gasteiger partial charge in [0.25, 0.3) is 11.5 Å². The number of fused-ring (bicyclic) bond motifs is 2. The monoisotopic (exact) mass is 836 g/mol. The number of methoxy groups -OCH3 is 2. The van der Waals surface area contributed by atoms with E-state index in [0.717, 1.165) is 97.0 Å². The zero-order chi connectivity index (χ0) is 43.1. The highest BCUT2D eigenvalue weighted by atomic mass is 16.5. The van der Waals surface area contributed by atoms with E-state index in [2.05, 4.69) is 57.4 Å². The number of nitrogens with zero attached hydrogens (tertiary/aromatic N) is 6. The van der Waals surface area contributed by atoms with E-state index in [1.807, 2.05) is 18.3 Å². The summed E-state index contributed by atoms with van der Waals surface area (Å²) in [5.41, 5.74) is 7.09. The van der Waals surface area contributed by atoms with E-state index in [0.29, 0.717) is 61.6 Å². The summed E-state index contributed by atoms with van der Waals surface area (Å²) in [5.74, 6) is 1.35. The number of aryl methyl sites for hydroxylation is 1. The maximum absolute atomic E-state index is 13.3. The molecule has 6 heterocycles. The van der Waals surface area contributed by atoms with Crippen LogP contribution in [-0.4, -0.2) is 127 Å². The average Bonchev–Trinajstić information content (AvgIpc) is 3.59. The standard InChI is InChI=1S/C46H60N8O7/c1-28-22-50(15-11-30-12-16-51(17-13-30)33-7-8-34-32(19-33)24-54(45(34)58)39-9-10-42(55)48-43(39)56)23-29(2)53(28)27-38-40(60-5)20-31(21-41(38)61-6)36-25-49(4)44(57)37-26-52(46(59)47-3)18-14-35(36)37/h7-8,19-21,25,28-30,39H,9-18,22-24,26-27H2,1-6H3,(H,47,59)(H,48,55,56)/t28-,29-,39?/m1/s1. The molecule has 0 bridgehead atoms. The molecule has 5 amide bonds. The third-order valence-corrected chi connectivity index (χ3v) is 13.8. The van der Waals surface area contributed by atoms with Crippen LogP contribution in [0.15, 0.2) is 41.3 Å². The van der Waals surface area contributed by atoms with Gasteiger partial charge in [-0.3, -0.25) is 29.4 Å². The van der Waals surface area contributed by atoms with Crippen molar-refractivity contribution in [3.8, 4) is 22.6 Å². The molecule has 8 rings (SSSR count). The summed E-state index contributed by atoms with van der Waals surface area (Å²) in [5, 5.41) is 5.07. The van der Waals surface area contributed by atoms with Crippen LogP contribution in [-0.2, 0) is 42.7 Å². The van der Waals surface area contributed by atoms with Crippen LogP contribution in [0, 0.1) is 5.92 Å². The van der Waals surface area contributed by atoms with Crippen molar-refractivity contribution in [2.45, 2.75) is 90.1 Å². The number of benzene rings is 2. The van der Waals surface area contributed by atoms with Gasteiger partial charge in [0.2, 0.25) is 11.8 Å². The number of ether oxygens (including phenoxy) is 2. The summed E-state index contributed by atoms with van der Waals surface area (Å²) < 4.78 is 13.7. The smallest absolute Gasteiger partial charge is 0.317 e. The first-order chi connectivity index (χ1) is 29.4. The Balaban J connectivity index is 0.865. The van der Waals surface area contributed by atoms with Gasteiger partial charge in [0.1, 0.15) is 17.5 Å². The molecule has 0 saturated carbocycles. The van der Waals surface area contributed by atoms with Crippen molar-refractivity contribution in [1.29, 1.82) is 0 Å². The molecule has 3 fully saturated rings. The van der Waals surface area contributed by atoms with Gasteiger partial charge < -0.3 is 39.0 Å². The Labute approximate surface area is 357 Å². The Morgan fingerprint density at radius 2 is 1.57 bits per heavy atom. The number of anilines is 1. The molecule has 1 aromatic heterocycles. The van der Waals surface area contributed by atoms with Gasteiger partial charge >= 0.3 is 6.03 Å². The topological polar surface area (TPSA) is 149 Å². The van der Waals surface area contributed by atoms with Gasteiger partial charge in [-0.2, -0.15) is 0 Å². The van der Waals surface area contributed by atoms with Gasteiger partial charge in [-0.1, -0.05) is 0 Å². The summed E-state index contributed by atoms with van der Waals surface area (Å²) >= 11 is 0. The minimum atomic E-state index is -0.603. The van der Waals surface area contributed by atoms with Gasteiger partial charge in [-0.05, 0) is 105 Å². The molecule has 0 spiro atoms. The van der Waals surface area contributed by atoms with Gasteiger partial charge in [0.15, 0.2) is 0 Å². The number of piperazine rings is 1. The molecule has 1 unspecified atom stereocenters. The predicted octanol–water partition coefficient (Wildman–Crippen LogP) is 3.73. The Hall–Kier alpha value is -5.41. The first kappa shape index (κ1) is 42.3. The molecule has 61 heavy (non-hydrogen) atoms. The van der Waals surface area contributed by atoms with Crippen LogP contribution in [0.4, 0.5) is 10.5 Å². The van der Waals surface area contributed by atoms with Crippen LogP contribution in [0.1, 0.15) is 78.6 Å². The fourth-order valence-corrected chi connectivity index (χ4v) is 10.4. The SMILES string of the molecule is CNC(=O)N1CCc2c(-c3cc(OC)c(CN4[C@H](C)CN(CCC5CCN(c6ccc7c(c6)CN(C6CCC(=O)NC6=O)C7=O)CC5)C[C@H]4C)c(OC)c3)cn(C)c(=O)c2C1. The fraction of sp³-hybridized carbons (Fsp3) is 0.543. The average molecular weight is 837 g/mol. The number of amides is 5. The third-order valence-electron chi connectivity index (χ3n) is 13.8. The number of nitrogens with one attached hydrogen (secondary N) is 2. The number of piperidine rings is 2. The molecule has 3 aromatic rings. The van der Waals surface area contributed by atoms with Gasteiger partial charge in [-0.15, -0.1) is 0 Å². The van der Waals surface area contributed by atoms with Gasteiger partial charge in [0.05, 0.1) is 26.3 Å². The summed E-state index contributed by atoms with van der Waals surface area (Å²) in [6.07, 6.45) is 6.48. The zero-order valence-corrected chi connectivity index (χ0v) is 36.4. The van der Waals surface area contributed by atoms with E-state index in [4.69, 9.17) is 9.47 Å². The molecule has 15 nitrogen and oxygen atoms in total. The van der Waals surface area contributed by atoms with Gasteiger partial charge in [0, 0.05) is 107 Å². The number of rotatable bonds is 10. The summed E-state index contributed by atoms with van der Waals surface area (Å²) in [6.45, 7) is 11.4. The zero-order valence-electron chi connectivity index (χ0n) is 36.4. The van der Waals surface area contributed by atoms with E-state index in [9.17, 15) is 24.0 Å². The lowest BCUT2D eigenvalue weighted by atomic mass is 9.91. The predicted molar refractivity (Wildman–Crippen MR) is 232 cm³/mol. The fourth-order valence-electron chi connectivity index (χ4n) is 10.4. The minimum absolute atomic E-state index is 0.0921. The van der Waals surface area contributed by atoms with Crippen molar-refractivity contribution >= 4 is 29.4 Å². The summed E-state index contributed by atoms with van der Waals surface area (Å²) in [7, 11) is 6.75. The van der Waals surface area contributed by atoms with E-state index < -0.39 is 6.04 Å². The lowest BCUT2D eigenvalue weighted by Crippen LogP contribution is -2.56. The second kappa shape index (κ2) is 17.5. The molecule has 15 heteroatoms. The largest absolute Gasteiger partial charge is 0.496 e. The number of imide groups is 1. The van der Waals surface area contributed by atoms with E-state index >= 15 is 0 Å². The molecule has 326 valence electrons. The highest BCUT2D eigenvalue weighted by Crippen LogP contribution is 2.39. The normalized spacial score (nSPS) is 22.6. The maximum Gasteiger partial charge on any atom is 0.317 e. The number of aromatic nitrogens is 1. The van der Waals surface area contributed by atoms with Crippen LogP contribution in [0.3, 0.4) is 0 Å². The van der Waals surface area contributed by atoms with Crippen LogP contribution in [0.25, 0.3) is 11.1 Å². The molecule has 5 aliphatic rings. The van der Waals surface area contributed by atoms with Crippen LogP contribution in [0.5, 0.6) is 11.5 Å². The maximum atomic E-state index is 13.3. The Kier molecular flexibility index (Phi) is 12.1. The van der Waals surface area contributed by atoms with Crippen molar-refractivity contribution in [1.82, 2.24) is 34.8 Å². The molecular formula is C46H60N8O7. The van der Waals surface area contributed by atoms with E-state index in [1.165, 1.54) is 0 Å². The molecular weight excluding hydrogens is 777 g/mol. The number of pyridine rings is 1. The summed E-state index contributed by atoms with van der Waals surface area (Å²) in [6, 6.07) is 10.0. The van der Waals surface area contributed by atoms with E-state index in [-0.39, 0.29) is 42.3 Å². The first-order valence-electron chi connectivity index (χ1n) is 21.8. The minimum Gasteiger partial charge on any atom is -0.496 e. The van der Waals surface area contributed by atoms with Crippen molar-refractivity contribution in [3.63, 3.8) is 0 Å². The molecule has 2 N–H and O–H groups in total. The highest BCUT2D eigenvalue weighted by Gasteiger charge is 2.40. The number of urea groups is 1.